The monoisotopic (exact) mass is 316 g/mol. The van der Waals surface area contributed by atoms with Crippen LogP contribution in [0.1, 0.15) is 23.1 Å². The smallest absolute Gasteiger partial charge is 0.269 e. The largest absolute Gasteiger partial charge is 0.492 e. The number of H-pyrrole nitrogens is 1. The van der Waals surface area contributed by atoms with Gasteiger partial charge in [0.05, 0.1) is 12.0 Å². The fourth-order valence-electron chi connectivity index (χ4n) is 2.16. The number of aromatic hydroxyl groups is 1. The molecule has 0 aliphatic carbocycles. The highest BCUT2D eigenvalue weighted by atomic mass is 16.3. The number of hydrogen-bond acceptors (Lipinski definition) is 7. The van der Waals surface area contributed by atoms with Gasteiger partial charge in [0.1, 0.15) is 5.69 Å². The summed E-state index contributed by atoms with van der Waals surface area (Å²) >= 11 is 0. The van der Waals surface area contributed by atoms with Crippen LogP contribution < -0.4 is 11.1 Å². The SMILES string of the molecule is CCc1cc(C(=O)NCCn2cnc3c(O)nc(N)nc32)[nH]n1. The number of rotatable bonds is 5. The minimum atomic E-state index is -0.264. The van der Waals surface area contributed by atoms with Crippen molar-refractivity contribution in [3.8, 4) is 5.88 Å². The molecular weight excluding hydrogens is 300 g/mol. The van der Waals surface area contributed by atoms with Crippen molar-refractivity contribution < 1.29 is 9.90 Å². The molecule has 1 amide bonds. The average Bonchev–Trinajstić information content (AvgIpc) is 3.14. The van der Waals surface area contributed by atoms with Gasteiger partial charge in [-0.25, -0.2) is 4.98 Å². The van der Waals surface area contributed by atoms with Crippen LogP contribution in [-0.4, -0.2) is 47.3 Å². The van der Waals surface area contributed by atoms with Crippen molar-refractivity contribution in [2.75, 3.05) is 12.3 Å². The van der Waals surface area contributed by atoms with Crippen LogP contribution in [0.2, 0.25) is 0 Å². The second kappa shape index (κ2) is 5.91. The van der Waals surface area contributed by atoms with E-state index in [0.717, 1.165) is 12.1 Å². The molecule has 0 spiro atoms. The van der Waals surface area contributed by atoms with Gasteiger partial charge in [0.2, 0.25) is 11.8 Å². The van der Waals surface area contributed by atoms with Crippen LogP contribution >= 0.6 is 0 Å². The summed E-state index contributed by atoms with van der Waals surface area (Å²) in [5.74, 6) is -0.538. The van der Waals surface area contributed by atoms with Gasteiger partial charge in [-0.2, -0.15) is 15.1 Å². The van der Waals surface area contributed by atoms with E-state index in [1.807, 2.05) is 6.92 Å². The number of hydrogen-bond donors (Lipinski definition) is 4. The lowest BCUT2D eigenvalue weighted by atomic mass is 10.3. The number of amides is 1. The summed E-state index contributed by atoms with van der Waals surface area (Å²) in [5.41, 5.74) is 7.45. The highest BCUT2D eigenvalue weighted by Crippen LogP contribution is 2.19. The van der Waals surface area contributed by atoms with Crippen molar-refractivity contribution in [2.45, 2.75) is 19.9 Å². The number of carbonyl (C=O) groups excluding carboxylic acids is 1. The summed E-state index contributed by atoms with van der Waals surface area (Å²) in [5, 5.41) is 19.1. The molecule has 0 atom stereocenters. The van der Waals surface area contributed by atoms with E-state index in [1.165, 1.54) is 6.33 Å². The van der Waals surface area contributed by atoms with Crippen LogP contribution in [-0.2, 0) is 13.0 Å². The number of anilines is 1. The topological polar surface area (TPSA) is 148 Å². The average molecular weight is 316 g/mol. The number of imidazole rings is 1. The van der Waals surface area contributed by atoms with E-state index in [1.54, 1.807) is 10.6 Å². The third-order valence-corrected chi connectivity index (χ3v) is 3.34. The van der Waals surface area contributed by atoms with Crippen LogP contribution in [0, 0.1) is 0 Å². The van der Waals surface area contributed by atoms with Gasteiger partial charge in [0.15, 0.2) is 11.2 Å². The Morgan fingerprint density at radius 3 is 3.04 bits per heavy atom. The van der Waals surface area contributed by atoms with Crippen molar-refractivity contribution in [2.24, 2.45) is 0 Å². The zero-order chi connectivity index (χ0) is 16.4. The number of carbonyl (C=O) groups is 1. The molecule has 0 aliphatic rings. The van der Waals surface area contributed by atoms with Gasteiger partial charge in [-0.05, 0) is 12.5 Å². The lowest BCUT2D eigenvalue weighted by Crippen LogP contribution is -2.27. The molecule has 0 saturated heterocycles. The lowest BCUT2D eigenvalue weighted by molar-refractivity contribution is 0.0947. The number of aromatic amines is 1. The molecule has 3 aromatic rings. The maximum Gasteiger partial charge on any atom is 0.269 e. The normalized spacial score (nSPS) is 11.0. The number of nitrogens with zero attached hydrogens (tertiary/aromatic N) is 5. The zero-order valence-electron chi connectivity index (χ0n) is 12.4. The molecule has 0 aliphatic heterocycles. The third kappa shape index (κ3) is 2.91. The maximum atomic E-state index is 12.0. The number of aryl methyl sites for hydroxylation is 1. The van der Waals surface area contributed by atoms with E-state index in [2.05, 4.69) is 30.5 Å². The minimum Gasteiger partial charge on any atom is -0.492 e. The standard InChI is InChI=1S/C13H16N8O2/c1-2-7-5-8(20-19-7)11(22)15-3-4-21-6-16-9-10(21)17-13(14)18-12(9)23/h5-6H,2-4H2,1H3,(H,15,22)(H,19,20)(H3,14,17,18,23). The lowest BCUT2D eigenvalue weighted by Gasteiger charge is -2.05. The highest BCUT2D eigenvalue weighted by molar-refractivity contribution is 5.92. The van der Waals surface area contributed by atoms with E-state index in [9.17, 15) is 9.90 Å². The summed E-state index contributed by atoms with van der Waals surface area (Å²) in [6.45, 7) is 2.74. The molecule has 3 heterocycles. The quantitative estimate of drug-likeness (QED) is 0.510. The predicted octanol–water partition coefficient (Wildman–Crippen LogP) is -0.170. The van der Waals surface area contributed by atoms with Crippen molar-refractivity contribution in [3.05, 3.63) is 23.8 Å². The Balaban J connectivity index is 1.66. The Kier molecular flexibility index (Phi) is 3.79. The Bertz CT molecular complexity index is 853. The molecule has 0 aromatic carbocycles. The van der Waals surface area contributed by atoms with Crippen molar-refractivity contribution in [1.82, 2.24) is 35.0 Å². The molecule has 0 bridgehead atoms. The first-order valence-corrected chi connectivity index (χ1v) is 7.08. The molecule has 23 heavy (non-hydrogen) atoms. The molecule has 0 unspecified atom stereocenters. The van der Waals surface area contributed by atoms with Gasteiger partial charge in [-0.3, -0.25) is 9.89 Å². The van der Waals surface area contributed by atoms with Gasteiger partial charge in [0.25, 0.3) is 5.91 Å². The highest BCUT2D eigenvalue weighted by Gasteiger charge is 2.12. The van der Waals surface area contributed by atoms with Gasteiger partial charge >= 0.3 is 0 Å². The van der Waals surface area contributed by atoms with Crippen LogP contribution in [0.25, 0.3) is 11.2 Å². The Labute approximate surface area is 130 Å². The Morgan fingerprint density at radius 2 is 2.30 bits per heavy atom. The van der Waals surface area contributed by atoms with Crippen molar-refractivity contribution in [1.29, 1.82) is 0 Å². The molecule has 10 nitrogen and oxygen atoms in total. The number of nitrogens with one attached hydrogen (secondary N) is 2. The van der Waals surface area contributed by atoms with E-state index in [0.29, 0.717) is 24.4 Å². The van der Waals surface area contributed by atoms with E-state index < -0.39 is 0 Å². The first-order valence-electron chi connectivity index (χ1n) is 7.08. The molecule has 3 rings (SSSR count). The second-order valence-corrected chi connectivity index (χ2v) is 4.90. The molecule has 5 N–H and O–H groups in total. The van der Waals surface area contributed by atoms with Crippen LogP contribution in [0.15, 0.2) is 12.4 Å². The number of nitrogens with two attached hydrogens (primary N) is 1. The number of nitrogen functional groups attached to an aromatic ring is 1. The van der Waals surface area contributed by atoms with E-state index >= 15 is 0 Å². The van der Waals surface area contributed by atoms with E-state index in [-0.39, 0.29) is 23.3 Å². The molecule has 0 radical (unpaired) electrons. The third-order valence-electron chi connectivity index (χ3n) is 3.34. The number of fused-ring (bicyclic) bond motifs is 1. The fraction of sp³-hybridized carbons (Fsp3) is 0.308. The predicted molar refractivity (Wildman–Crippen MR) is 81.7 cm³/mol. The Hall–Kier alpha value is -3.17. The molecule has 3 aromatic heterocycles. The van der Waals surface area contributed by atoms with Gasteiger partial charge in [0, 0.05) is 13.1 Å². The molecule has 10 heteroatoms. The van der Waals surface area contributed by atoms with Crippen LogP contribution in [0.5, 0.6) is 5.88 Å². The van der Waals surface area contributed by atoms with Crippen molar-refractivity contribution >= 4 is 23.0 Å². The van der Waals surface area contributed by atoms with Crippen LogP contribution in [0.4, 0.5) is 5.95 Å². The van der Waals surface area contributed by atoms with Crippen molar-refractivity contribution in [3.63, 3.8) is 0 Å². The zero-order valence-corrected chi connectivity index (χ0v) is 12.4. The van der Waals surface area contributed by atoms with Gasteiger partial charge in [-0.1, -0.05) is 6.92 Å². The summed E-state index contributed by atoms with van der Waals surface area (Å²) < 4.78 is 1.68. The summed E-state index contributed by atoms with van der Waals surface area (Å²) in [6, 6.07) is 1.72. The number of aromatic nitrogens is 6. The molecular formula is C13H16N8O2. The molecule has 0 fully saturated rings. The first kappa shape index (κ1) is 14.8. The summed E-state index contributed by atoms with van der Waals surface area (Å²) in [7, 11) is 0. The summed E-state index contributed by atoms with van der Waals surface area (Å²) in [6.07, 6.45) is 2.27. The first-order chi connectivity index (χ1) is 11.1. The maximum absolute atomic E-state index is 12.0. The Morgan fingerprint density at radius 1 is 1.48 bits per heavy atom. The van der Waals surface area contributed by atoms with Gasteiger partial charge < -0.3 is 20.7 Å². The second-order valence-electron chi connectivity index (χ2n) is 4.90. The molecule has 0 saturated carbocycles. The molecule has 120 valence electrons. The fourth-order valence-corrected chi connectivity index (χ4v) is 2.16. The summed E-state index contributed by atoms with van der Waals surface area (Å²) in [4.78, 5) is 23.7. The van der Waals surface area contributed by atoms with E-state index in [4.69, 9.17) is 5.73 Å². The minimum absolute atomic E-state index is 0.0367. The van der Waals surface area contributed by atoms with Gasteiger partial charge in [-0.15, -0.1) is 0 Å². The van der Waals surface area contributed by atoms with Crippen LogP contribution in [0.3, 0.4) is 0 Å².